The first-order valence-electron chi connectivity index (χ1n) is 6.88. The number of aromatic nitrogens is 2. The number of carbonyl (C=O) groups excluding carboxylic acids is 1. The molecule has 0 spiro atoms. The Bertz CT molecular complexity index is 962. The molecule has 0 aliphatic carbocycles. The molecule has 118 valence electrons. The fraction of sp³-hybridized carbons (Fsp3) is 0.125. The predicted molar refractivity (Wildman–Crippen MR) is 87.3 cm³/mol. The topological polar surface area (TPSA) is 66.9 Å². The summed E-state index contributed by atoms with van der Waals surface area (Å²) >= 11 is 5.91. The van der Waals surface area contributed by atoms with E-state index in [1.165, 1.54) is 22.8 Å². The number of nitrogens with zero attached hydrogens (tertiary/aromatic N) is 1. The number of aryl methyl sites for hydroxylation is 1. The Morgan fingerprint density at radius 1 is 1.30 bits per heavy atom. The molecule has 0 unspecified atom stereocenters. The number of rotatable bonds is 3. The van der Waals surface area contributed by atoms with Gasteiger partial charge in [0.25, 0.3) is 0 Å². The second kappa shape index (κ2) is 5.89. The minimum atomic E-state index is -0.469. The number of carbonyl (C=O) groups is 1. The van der Waals surface area contributed by atoms with Crippen molar-refractivity contribution in [1.29, 1.82) is 0 Å². The van der Waals surface area contributed by atoms with Crippen LogP contribution in [0.15, 0.2) is 41.2 Å². The molecule has 7 heteroatoms. The third-order valence-corrected chi connectivity index (χ3v) is 3.75. The molecule has 0 atom stereocenters. The molecule has 0 fully saturated rings. The molecule has 0 radical (unpaired) electrons. The molecular weight excluding hydrogens is 321 g/mol. The molecule has 0 bridgehead atoms. The minimum absolute atomic E-state index is 0.184. The maximum Gasteiger partial charge on any atom is 0.326 e. The Hall–Kier alpha value is -2.60. The van der Waals surface area contributed by atoms with Crippen LogP contribution in [0.25, 0.3) is 11.0 Å². The van der Waals surface area contributed by atoms with E-state index in [-0.39, 0.29) is 12.5 Å². The summed E-state index contributed by atoms with van der Waals surface area (Å²) in [5, 5.41) is 3.23. The van der Waals surface area contributed by atoms with Crippen molar-refractivity contribution in [3.8, 4) is 0 Å². The van der Waals surface area contributed by atoms with Crippen molar-refractivity contribution in [2.24, 2.45) is 0 Å². The molecule has 0 aliphatic heterocycles. The highest BCUT2D eigenvalue weighted by molar-refractivity contribution is 6.31. The highest BCUT2D eigenvalue weighted by atomic mass is 35.5. The lowest BCUT2D eigenvalue weighted by atomic mass is 10.2. The average Bonchev–Trinajstić information content (AvgIpc) is 2.78. The van der Waals surface area contributed by atoms with Crippen LogP contribution in [0.3, 0.4) is 0 Å². The van der Waals surface area contributed by atoms with Crippen LogP contribution >= 0.6 is 11.6 Å². The van der Waals surface area contributed by atoms with Crippen LogP contribution in [-0.2, 0) is 11.3 Å². The standard InChI is InChI=1S/C16H13ClFN3O2/c1-9-2-3-10(17)6-12(9)19-15(22)8-21-14-5-4-11(18)7-13(14)20-16(21)23/h2-7H,8H2,1H3,(H,19,22)(H,20,23). The van der Waals surface area contributed by atoms with Gasteiger partial charge in [0.2, 0.25) is 5.91 Å². The largest absolute Gasteiger partial charge is 0.326 e. The van der Waals surface area contributed by atoms with Crippen molar-refractivity contribution >= 4 is 34.2 Å². The molecule has 1 aromatic heterocycles. The summed E-state index contributed by atoms with van der Waals surface area (Å²) in [4.78, 5) is 26.7. The van der Waals surface area contributed by atoms with Gasteiger partial charge >= 0.3 is 5.69 Å². The molecule has 0 aliphatic rings. The van der Waals surface area contributed by atoms with Crippen molar-refractivity contribution in [3.05, 3.63) is 63.3 Å². The molecule has 5 nitrogen and oxygen atoms in total. The van der Waals surface area contributed by atoms with Gasteiger partial charge in [0.1, 0.15) is 12.4 Å². The van der Waals surface area contributed by atoms with Gasteiger partial charge < -0.3 is 10.3 Å². The first-order valence-corrected chi connectivity index (χ1v) is 7.26. The van der Waals surface area contributed by atoms with Crippen molar-refractivity contribution in [2.75, 3.05) is 5.32 Å². The van der Waals surface area contributed by atoms with Gasteiger partial charge in [-0.15, -0.1) is 0 Å². The number of aromatic amines is 1. The van der Waals surface area contributed by atoms with Crippen LogP contribution in [0.2, 0.25) is 5.02 Å². The van der Waals surface area contributed by atoms with Crippen molar-refractivity contribution in [3.63, 3.8) is 0 Å². The van der Waals surface area contributed by atoms with Crippen molar-refractivity contribution in [1.82, 2.24) is 9.55 Å². The highest BCUT2D eigenvalue weighted by Gasteiger charge is 2.12. The molecular formula is C16H13ClFN3O2. The number of hydrogen-bond donors (Lipinski definition) is 2. The van der Waals surface area contributed by atoms with Crippen LogP contribution in [0.1, 0.15) is 5.56 Å². The lowest BCUT2D eigenvalue weighted by Crippen LogP contribution is -2.26. The van der Waals surface area contributed by atoms with E-state index in [1.807, 2.05) is 6.92 Å². The summed E-state index contributed by atoms with van der Waals surface area (Å²) in [5.41, 5.74) is 1.79. The zero-order chi connectivity index (χ0) is 16.6. The molecule has 2 N–H and O–H groups in total. The molecule has 1 amide bonds. The summed E-state index contributed by atoms with van der Waals surface area (Å²) < 4.78 is 14.4. The summed E-state index contributed by atoms with van der Waals surface area (Å²) in [7, 11) is 0. The van der Waals surface area contributed by atoms with Gasteiger partial charge in [0.15, 0.2) is 0 Å². The Morgan fingerprint density at radius 3 is 2.87 bits per heavy atom. The number of benzene rings is 2. The summed E-state index contributed by atoms with van der Waals surface area (Å²) in [6.07, 6.45) is 0. The van der Waals surface area contributed by atoms with E-state index in [0.29, 0.717) is 21.7 Å². The number of fused-ring (bicyclic) bond motifs is 1. The molecule has 0 saturated carbocycles. The van der Waals surface area contributed by atoms with E-state index in [1.54, 1.807) is 18.2 Å². The lowest BCUT2D eigenvalue weighted by molar-refractivity contribution is -0.116. The fourth-order valence-corrected chi connectivity index (χ4v) is 2.53. The molecule has 2 aromatic carbocycles. The second-order valence-corrected chi connectivity index (χ2v) is 5.62. The minimum Gasteiger partial charge on any atom is -0.324 e. The van der Waals surface area contributed by atoms with Gasteiger partial charge in [-0.3, -0.25) is 9.36 Å². The molecule has 3 rings (SSSR count). The van der Waals surface area contributed by atoms with Crippen LogP contribution in [-0.4, -0.2) is 15.5 Å². The van der Waals surface area contributed by atoms with Crippen LogP contribution in [0.5, 0.6) is 0 Å². The van der Waals surface area contributed by atoms with E-state index in [4.69, 9.17) is 11.6 Å². The monoisotopic (exact) mass is 333 g/mol. The first kappa shape index (κ1) is 15.3. The summed E-state index contributed by atoms with van der Waals surface area (Å²) in [5.74, 6) is -0.826. The van der Waals surface area contributed by atoms with E-state index >= 15 is 0 Å². The molecule has 1 heterocycles. The van der Waals surface area contributed by atoms with E-state index in [0.717, 1.165) is 5.56 Å². The van der Waals surface area contributed by atoms with Crippen LogP contribution in [0.4, 0.5) is 10.1 Å². The molecule has 23 heavy (non-hydrogen) atoms. The lowest BCUT2D eigenvalue weighted by Gasteiger charge is -2.09. The van der Waals surface area contributed by atoms with Gasteiger partial charge in [0.05, 0.1) is 11.0 Å². The van der Waals surface area contributed by atoms with E-state index in [2.05, 4.69) is 10.3 Å². The number of halogens is 2. The van der Waals surface area contributed by atoms with Crippen LogP contribution < -0.4 is 11.0 Å². The quantitative estimate of drug-likeness (QED) is 0.773. The zero-order valence-electron chi connectivity index (χ0n) is 12.2. The third kappa shape index (κ3) is 3.12. The molecule has 3 aromatic rings. The number of hydrogen-bond acceptors (Lipinski definition) is 2. The van der Waals surface area contributed by atoms with Crippen molar-refractivity contribution in [2.45, 2.75) is 13.5 Å². The Labute approximate surface area is 135 Å². The predicted octanol–water partition coefficient (Wildman–Crippen LogP) is 3.07. The van der Waals surface area contributed by atoms with Crippen molar-refractivity contribution < 1.29 is 9.18 Å². The highest BCUT2D eigenvalue weighted by Crippen LogP contribution is 2.20. The number of nitrogens with one attached hydrogen (secondary N) is 2. The van der Waals surface area contributed by atoms with Gasteiger partial charge in [0, 0.05) is 10.7 Å². The normalized spacial score (nSPS) is 10.9. The summed E-state index contributed by atoms with van der Waals surface area (Å²) in [6, 6.07) is 9.07. The SMILES string of the molecule is Cc1ccc(Cl)cc1NC(=O)Cn1c(=O)[nH]c2cc(F)ccc21. The van der Waals surface area contributed by atoms with Gasteiger partial charge in [-0.1, -0.05) is 17.7 Å². The average molecular weight is 334 g/mol. The van der Waals surface area contributed by atoms with Gasteiger partial charge in [-0.05, 0) is 42.8 Å². The van der Waals surface area contributed by atoms with E-state index < -0.39 is 11.5 Å². The number of amides is 1. The second-order valence-electron chi connectivity index (χ2n) is 5.19. The number of anilines is 1. The zero-order valence-corrected chi connectivity index (χ0v) is 12.9. The third-order valence-electron chi connectivity index (χ3n) is 3.51. The number of H-pyrrole nitrogens is 1. The Kier molecular flexibility index (Phi) is 3.92. The van der Waals surface area contributed by atoms with E-state index in [9.17, 15) is 14.0 Å². The first-order chi connectivity index (χ1) is 10.9. The fourth-order valence-electron chi connectivity index (χ4n) is 2.36. The molecule has 0 saturated heterocycles. The van der Waals surface area contributed by atoms with Gasteiger partial charge in [-0.2, -0.15) is 0 Å². The van der Waals surface area contributed by atoms with Crippen LogP contribution in [0, 0.1) is 12.7 Å². The smallest absolute Gasteiger partial charge is 0.324 e. The maximum atomic E-state index is 13.2. The Balaban J connectivity index is 1.87. The maximum absolute atomic E-state index is 13.2. The summed E-state index contributed by atoms with van der Waals surface area (Å²) in [6.45, 7) is 1.66. The Morgan fingerprint density at radius 2 is 2.09 bits per heavy atom. The number of imidazole rings is 1. The van der Waals surface area contributed by atoms with Gasteiger partial charge in [-0.25, -0.2) is 9.18 Å².